The van der Waals surface area contributed by atoms with Gasteiger partial charge in [-0.3, -0.25) is 4.90 Å². The summed E-state index contributed by atoms with van der Waals surface area (Å²) in [6, 6.07) is 10.4. The van der Waals surface area contributed by atoms with E-state index < -0.39 is 0 Å². The molecule has 0 saturated carbocycles. The molecule has 4 rings (SSSR count). The van der Waals surface area contributed by atoms with Crippen molar-refractivity contribution in [3.05, 3.63) is 53.4 Å². The Kier molecular flexibility index (Phi) is 6.55. The number of piperazine rings is 1. The predicted octanol–water partition coefficient (Wildman–Crippen LogP) is 4.31. The van der Waals surface area contributed by atoms with Gasteiger partial charge in [-0.1, -0.05) is 6.07 Å². The van der Waals surface area contributed by atoms with E-state index in [-0.39, 0.29) is 0 Å². The van der Waals surface area contributed by atoms with Crippen LogP contribution in [0.15, 0.2) is 41.0 Å². The van der Waals surface area contributed by atoms with E-state index in [1.54, 1.807) is 27.6 Å². The Morgan fingerprint density at radius 3 is 2.16 bits per heavy atom. The zero-order chi connectivity index (χ0) is 22.7. The molecule has 0 bridgehead atoms. The van der Waals surface area contributed by atoms with Crippen LogP contribution >= 0.6 is 0 Å². The van der Waals surface area contributed by atoms with Crippen LogP contribution in [0.4, 0.5) is 5.69 Å². The Labute approximate surface area is 189 Å². The van der Waals surface area contributed by atoms with E-state index >= 15 is 0 Å². The number of hydrogen-bond acceptors (Lipinski definition) is 7. The molecular formula is C25H31N3O4. The molecule has 0 unspecified atom stereocenters. The standard InChI is InChI=1S/C25H31N3O4/c1-17-6-7-21(12-18(17)2)28-10-8-27(9-11-28)15-20-16-32-25(26-20)19-13-22(29-3)24(31-5)23(14-19)30-4/h6-7,12-14,16H,8-11,15H2,1-5H3. The van der Waals surface area contributed by atoms with E-state index in [9.17, 15) is 0 Å². The van der Waals surface area contributed by atoms with Crippen LogP contribution in [0, 0.1) is 13.8 Å². The number of anilines is 1. The summed E-state index contributed by atoms with van der Waals surface area (Å²) < 4.78 is 22.1. The number of ether oxygens (including phenoxy) is 3. The van der Waals surface area contributed by atoms with Gasteiger partial charge in [-0.2, -0.15) is 0 Å². The van der Waals surface area contributed by atoms with E-state index in [4.69, 9.17) is 23.6 Å². The van der Waals surface area contributed by atoms with Crippen LogP contribution in [-0.4, -0.2) is 57.4 Å². The van der Waals surface area contributed by atoms with Crippen LogP contribution in [0.3, 0.4) is 0 Å². The van der Waals surface area contributed by atoms with Gasteiger partial charge < -0.3 is 23.5 Å². The fourth-order valence-corrected chi connectivity index (χ4v) is 4.03. The van der Waals surface area contributed by atoms with Gasteiger partial charge >= 0.3 is 0 Å². The Hall–Kier alpha value is -3.19. The number of aryl methyl sites for hydroxylation is 2. The van der Waals surface area contributed by atoms with Crippen LogP contribution in [0.1, 0.15) is 16.8 Å². The quantitative estimate of drug-likeness (QED) is 0.546. The van der Waals surface area contributed by atoms with Crippen molar-refractivity contribution in [3.8, 4) is 28.7 Å². The first-order valence-electron chi connectivity index (χ1n) is 10.8. The summed E-state index contributed by atoms with van der Waals surface area (Å²) in [6.45, 7) is 9.06. The summed E-state index contributed by atoms with van der Waals surface area (Å²) in [4.78, 5) is 9.57. The van der Waals surface area contributed by atoms with E-state index in [2.05, 4.69) is 41.8 Å². The van der Waals surface area contributed by atoms with Gasteiger partial charge in [0.2, 0.25) is 11.6 Å². The third kappa shape index (κ3) is 4.53. The SMILES string of the molecule is COc1cc(-c2nc(CN3CCN(c4ccc(C)c(C)c4)CC3)co2)cc(OC)c1OC. The van der Waals surface area contributed by atoms with Crippen LogP contribution < -0.4 is 19.1 Å². The molecule has 2 heterocycles. The molecule has 1 aromatic heterocycles. The normalized spacial score (nSPS) is 14.5. The lowest BCUT2D eigenvalue weighted by Gasteiger charge is -2.36. The molecule has 1 aliphatic heterocycles. The molecule has 0 N–H and O–H groups in total. The molecule has 1 saturated heterocycles. The second-order valence-electron chi connectivity index (χ2n) is 8.09. The van der Waals surface area contributed by atoms with E-state index in [1.165, 1.54) is 16.8 Å². The summed E-state index contributed by atoms with van der Waals surface area (Å²) in [6.07, 6.45) is 1.73. The summed E-state index contributed by atoms with van der Waals surface area (Å²) in [7, 11) is 4.78. The minimum absolute atomic E-state index is 0.535. The molecule has 0 spiro atoms. The average Bonchev–Trinajstić information content (AvgIpc) is 3.28. The summed E-state index contributed by atoms with van der Waals surface area (Å²) in [5.74, 6) is 2.23. The zero-order valence-corrected chi connectivity index (χ0v) is 19.5. The highest BCUT2D eigenvalue weighted by molar-refractivity contribution is 5.66. The average molecular weight is 438 g/mol. The molecule has 7 nitrogen and oxygen atoms in total. The van der Waals surface area contributed by atoms with E-state index in [0.29, 0.717) is 23.1 Å². The number of methoxy groups -OCH3 is 3. The molecule has 1 fully saturated rings. The summed E-state index contributed by atoms with van der Waals surface area (Å²) in [5.41, 5.74) is 5.67. The van der Waals surface area contributed by atoms with Crippen molar-refractivity contribution in [1.82, 2.24) is 9.88 Å². The van der Waals surface area contributed by atoms with Crippen molar-refractivity contribution in [2.24, 2.45) is 0 Å². The maximum Gasteiger partial charge on any atom is 0.226 e. The molecular weight excluding hydrogens is 406 g/mol. The highest BCUT2D eigenvalue weighted by Gasteiger charge is 2.20. The van der Waals surface area contributed by atoms with Crippen molar-refractivity contribution < 1.29 is 18.6 Å². The number of benzene rings is 2. The van der Waals surface area contributed by atoms with Crippen molar-refractivity contribution >= 4 is 5.69 Å². The van der Waals surface area contributed by atoms with E-state index in [0.717, 1.165) is 44.0 Å². The summed E-state index contributed by atoms with van der Waals surface area (Å²) >= 11 is 0. The van der Waals surface area contributed by atoms with Gasteiger partial charge in [0.1, 0.15) is 6.26 Å². The van der Waals surface area contributed by atoms with E-state index in [1.807, 2.05) is 12.1 Å². The number of aromatic nitrogens is 1. The highest BCUT2D eigenvalue weighted by atomic mass is 16.5. The number of nitrogens with zero attached hydrogens (tertiary/aromatic N) is 3. The second-order valence-corrected chi connectivity index (χ2v) is 8.09. The number of oxazole rings is 1. The Morgan fingerprint density at radius 2 is 1.56 bits per heavy atom. The minimum Gasteiger partial charge on any atom is -0.493 e. The largest absolute Gasteiger partial charge is 0.493 e. The molecule has 3 aromatic rings. The lowest BCUT2D eigenvalue weighted by Crippen LogP contribution is -2.46. The van der Waals surface area contributed by atoms with Crippen LogP contribution in [0.5, 0.6) is 17.2 Å². The lowest BCUT2D eigenvalue weighted by molar-refractivity contribution is 0.247. The molecule has 2 aromatic carbocycles. The first-order valence-corrected chi connectivity index (χ1v) is 10.8. The van der Waals surface area contributed by atoms with Gasteiger partial charge in [-0.15, -0.1) is 0 Å². The fourth-order valence-electron chi connectivity index (χ4n) is 4.03. The molecule has 7 heteroatoms. The molecule has 170 valence electrons. The zero-order valence-electron chi connectivity index (χ0n) is 19.5. The number of hydrogen-bond donors (Lipinski definition) is 0. The maximum atomic E-state index is 5.78. The van der Waals surface area contributed by atoms with Crippen molar-refractivity contribution in [3.63, 3.8) is 0 Å². The Morgan fingerprint density at radius 1 is 0.875 bits per heavy atom. The lowest BCUT2D eigenvalue weighted by atomic mass is 10.1. The van der Waals surface area contributed by atoms with Gasteiger partial charge in [-0.25, -0.2) is 4.98 Å². The van der Waals surface area contributed by atoms with Crippen molar-refractivity contribution in [2.75, 3.05) is 52.4 Å². The molecule has 0 aliphatic carbocycles. The smallest absolute Gasteiger partial charge is 0.226 e. The van der Waals surface area contributed by atoms with Gasteiger partial charge in [0.25, 0.3) is 0 Å². The topological polar surface area (TPSA) is 60.2 Å². The molecule has 0 amide bonds. The number of rotatable bonds is 7. The van der Waals surface area contributed by atoms with Crippen LogP contribution in [-0.2, 0) is 6.54 Å². The predicted molar refractivity (Wildman–Crippen MR) is 125 cm³/mol. The van der Waals surface area contributed by atoms with Crippen molar-refractivity contribution in [2.45, 2.75) is 20.4 Å². The third-order valence-electron chi connectivity index (χ3n) is 6.08. The highest BCUT2D eigenvalue weighted by Crippen LogP contribution is 2.41. The minimum atomic E-state index is 0.535. The molecule has 32 heavy (non-hydrogen) atoms. The van der Waals surface area contributed by atoms with Gasteiger partial charge in [0, 0.05) is 44.0 Å². The van der Waals surface area contributed by atoms with Gasteiger partial charge in [0.05, 0.1) is 27.0 Å². The van der Waals surface area contributed by atoms with Gasteiger partial charge in [-0.05, 0) is 49.2 Å². The molecule has 1 aliphatic rings. The first kappa shape index (κ1) is 22.0. The van der Waals surface area contributed by atoms with Crippen LogP contribution in [0.25, 0.3) is 11.5 Å². The monoisotopic (exact) mass is 437 g/mol. The van der Waals surface area contributed by atoms with Crippen molar-refractivity contribution in [1.29, 1.82) is 0 Å². The third-order valence-corrected chi connectivity index (χ3v) is 6.08. The first-order chi connectivity index (χ1) is 15.5. The second kappa shape index (κ2) is 9.53. The molecule has 0 radical (unpaired) electrons. The Balaban J connectivity index is 1.41. The maximum absolute atomic E-state index is 5.78. The van der Waals surface area contributed by atoms with Gasteiger partial charge in [0.15, 0.2) is 11.5 Å². The Bertz CT molecular complexity index is 1050. The summed E-state index contributed by atoms with van der Waals surface area (Å²) in [5, 5.41) is 0. The van der Waals surface area contributed by atoms with Crippen LogP contribution in [0.2, 0.25) is 0 Å². The fraction of sp³-hybridized carbons (Fsp3) is 0.400. The molecule has 0 atom stereocenters.